The first kappa shape index (κ1) is 10.3. The van der Waals surface area contributed by atoms with Crippen LogP contribution in [0, 0.1) is 0 Å². The fourth-order valence-electron chi connectivity index (χ4n) is 0.925. The van der Waals surface area contributed by atoms with Crippen molar-refractivity contribution in [2.75, 3.05) is 18.6 Å². The lowest BCUT2D eigenvalue weighted by atomic mass is 10.3. The van der Waals surface area contributed by atoms with Crippen LogP contribution >= 0.6 is 11.6 Å². The minimum Gasteiger partial charge on any atom is -0.394 e. The maximum absolute atomic E-state index is 8.93. The number of pyridine rings is 1. The molecule has 0 saturated heterocycles. The average molecular weight is 201 g/mol. The largest absolute Gasteiger partial charge is 0.394 e. The van der Waals surface area contributed by atoms with E-state index in [0.717, 1.165) is 5.82 Å². The van der Waals surface area contributed by atoms with E-state index in [1.165, 1.54) is 0 Å². The van der Waals surface area contributed by atoms with Crippen molar-refractivity contribution in [1.29, 1.82) is 0 Å². The minimum atomic E-state index is 0.0636. The summed E-state index contributed by atoms with van der Waals surface area (Å²) in [5.74, 6) is 0.811. The van der Waals surface area contributed by atoms with Gasteiger partial charge in [0.25, 0.3) is 0 Å². The molecule has 1 aromatic heterocycles. The lowest BCUT2D eigenvalue weighted by molar-refractivity contribution is 0.270. The predicted octanol–water partition coefficient (Wildman–Crippen LogP) is 1.55. The number of hydrogen-bond donors (Lipinski definition) is 1. The molecule has 0 aliphatic heterocycles. The number of nitrogens with zero attached hydrogens (tertiary/aromatic N) is 2. The van der Waals surface area contributed by atoms with E-state index in [-0.39, 0.29) is 12.6 Å². The van der Waals surface area contributed by atoms with Crippen LogP contribution in [-0.4, -0.2) is 29.8 Å². The summed E-state index contributed by atoms with van der Waals surface area (Å²) >= 11 is 5.70. The molecule has 0 aliphatic rings. The molecule has 72 valence electrons. The molecule has 0 aromatic carbocycles. The number of anilines is 1. The van der Waals surface area contributed by atoms with Gasteiger partial charge in [0.15, 0.2) is 0 Å². The third-order valence-electron chi connectivity index (χ3n) is 2.00. The Hall–Kier alpha value is -0.800. The van der Waals surface area contributed by atoms with Gasteiger partial charge >= 0.3 is 0 Å². The first-order chi connectivity index (χ1) is 6.15. The molecule has 1 atom stereocenters. The molecule has 0 amide bonds. The van der Waals surface area contributed by atoms with Gasteiger partial charge in [0, 0.05) is 13.2 Å². The van der Waals surface area contributed by atoms with Crippen molar-refractivity contribution in [2.45, 2.75) is 13.0 Å². The Morgan fingerprint density at radius 3 is 2.77 bits per heavy atom. The molecule has 1 aromatic rings. The number of rotatable bonds is 3. The summed E-state index contributed by atoms with van der Waals surface area (Å²) in [5, 5.41) is 9.54. The second-order valence-electron chi connectivity index (χ2n) is 2.98. The second kappa shape index (κ2) is 4.44. The number of likely N-dealkylation sites (N-methyl/N-ethyl adjacent to an activating group) is 1. The fourth-order valence-corrected chi connectivity index (χ4v) is 1.04. The zero-order valence-electron chi connectivity index (χ0n) is 7.74. The first-order valence-corrected chi connectivity index (χ1v) is 4.48. The highest BCUT2D eigenvalue weighted by Gasteiger charge is 2.08. The lowest BCUT2D eigenvalue weighted by Crippen LogP contribution is -2.32. The van der Waals surface area contributed by atoms with Crippen LogP contribution in [0.1, 0.15) is 6.92 Å². The van der Waals surface area contributed by atoms with Gasteiger partial charge in [-0.3, -0.25) is 0 Å². The van der Waals surface area contributed by atoms with Gasteiger partial charge in [-0.05, 0) is 19.1 Å². The van der Waals surface area contributed by atoms with Crippen LogP contribution in [0.3, 0.4) is 0 Å². The Labute approximate surface area is 83.0 Å². The Morgan fingerprint density at radius 2 is 2.31 bits per heavy atom. The predicted molar refractivity (Wildman–Crippen MR) is 54.2 cm³/mol. The van der Waals surface area contributed by atoms with Gasteiger partial charge in [0.05, 0.1) is 17.7 Å². The van der Waals surface area contributed by atoms with Crippen LogP contribution in [0.15, 0.2) is 18.3 Å². The monoisotopic (exact) mass is 200 g/mol. The number of aromatic nitrogens is 1. The zero-order chi connectivity index (χ0) is 9.84. The molecule has 1 unspecified atom stereocenters. The van der Waals surface area contributed by atoms with Crippen molar-refractivity contribution in [3.05, 3.63) is 23.4 Å². The fraction of sp³-hybridized carbons (Fsp3) is 0.444. The summed E-state index contributed by atoms with van der Waals surface area (Å²) in [4.78, 5) is 6.03. The standard InChI is InChI=1S/C9H13ClN2O/c1-7(6-13)12(2)9-4-3-8(10)5-11-9/h3-5,7,13H,6H2,1-2H3. The Morgan fingerprint density at radius 1 is 1.62 bits per heavy atom. The van der Waals surface area contributed by atoms with Gasteiger partial charge in [-0.25, -0.2) is 4.98 Å². The van der Waals surface area contributed by atoms with E-state index < -0.39 is 0 Å². The zero-order valence-corrected chi connectivity index (χ0v) is 8.49. The van der Waals surface area contributed by atoms with Crippen LogP contribution in [-0.2, 0) is 0 Å². The minimum absolute atomic E-state index is 0.0636. The molecule has 0 spiro atoms. The quantitative estimate of drug-likeness (QED) is 0.805. The van der Waals surface area contributed by atoms with E-state index in [0.29, 0.717) is 5.02 Å². The highest BCUT2D eigenvalue weighted by atomic mass is 35.5. The third-order valence-corrected chi connectivity index (χ3v) is 2.22. The van der Waals surface area contributed by atoms with Gasteiger partial charge in [-0.1, -0.05) is 11.6 Å². The van der Waals surface area contributed by atoms with E-state index in [1.54, 1.807) is 12.3 Å². The van der Waals surface area contributed by atoms with Gasteiger partial charge in [-0.2, -0.15) is 0 Å². The molecule has 4 heteroatoms. The molecule has 1 N–H and O–H groups in total. The molecule has 13 heavy (non-hydrogen) atoms. The normalized spacial score (nSPS) is 12.6. The smallest absolute Gasteiger partial charge is 0.128 e. The van der Waals surface area contributed by atoms with Crippen LogP contribution in [0.2, 0.25) is 5.02 Å². The van der Waals surface area contributed by atoms with Crippen LogP contribution < -0.4 is 4.90 Å². The van der Waals surface area contributed by atoms with Crippen LogP contribution in [0.25, 0.3) is 0 Å². The van der Waals surface area contributed by atoms with Crippen molar-refractivity contribution in [1.82, 2.24) is 4.98 Å². The SMILES string of the molecule is CC(CO)N(C)c1ccc(Cl)cn1. The molecule has 3 nitrogen and oxygen atoms in total. The number of aliphatic hydroxyl groups excluding tert-OH is 1. The van der Waals surface area contributed by atoms with Crippen molar-refractivity contribution in [3.63, 3.8) is 0 Å². The summed E-state index contributed by atoms with van der Waals surface area (Å²) < 4.78 is 0. The van der Waals surface area contributed by atoms with Crippen molar-refractivity contribution >= 4 is 17.4 Å². The van der Waals surface area contributed by atoms with Gasteiger partial charge < -0.3 is 10.0 Å². The van der Waals surface area contributed by atoms with E-state index in [9.17, 15) is 0 Å². The summed E-state index contributed by atoms with van der Waals surface area (Å²) in [6.07, 6.45) is 1.59. The van der Waals surface area contributed by atoms with E-state index in [4.69, 9.17) is 16.7 Å². The molecule has 1 rings (SSSR count). The van der Waals surface area contributed by atoms with E-state index in [1.807, 2.05) is 24.9 Å². The van der Waals surface area contributed by atoms with Crippen LogP contribution in [0.4, 0.5) is 5.82 Å². The summed E-state index contributed by atoms with van der Waals surface area (Å²) in [7, 11) is 1.89. The highest BCUT2D eigenvalue weighted by Crippen LogP contribution is 2.14. The molecule has 0 aliphatic carbocycles. The molecular weight excluding hydrogens is 188 g/mol. The lowest BCUT2D eigenvalue weighted by Gasteiger charge is -2.23. The van der Waals surface area contributed by atoms with Gasteiger partial charge in [0.1, 0.15) is 5.82 Å². The van der Waals surface area contributed by atoms with E-state index >= 15 is 0 Å². The first-order valence-electron chi connectivity index (χ1n) is 4.10. The highest BCUT2D eigenvalue weighted by molar-refractivity contribution is 6.30. The molecule has 0 radical (unpaired) electrons. The molecule has 0 bridgehead atoms. The maximum Gasteiger partial charge on any atom is 0.128 e. The molecule has 0 saturated carbocycles. The second-order valence-corrected chi connectivity index (χ2v) is 3.41. The van der Waals surface area contributed by atoms with Crippen molar-refractivity contribution < 1.29 is 5.11 Å². The maximum atomic E-state index is 8.93. The molecule has 1 heterocycles. The third kappa shape index (κ3) is 2.57. The van der Waals surface area contributed by atoms with Crippen molar-refractivity contribution in [2.24, 2.45) is 0 Å². The van der Waals surface area contributed by atoms with Crippen molar-refractivity contribution in [3.8, 4) is 0 Å². The summed E-state index contributed by atoms with van der Waals surface area (Å²) in [6.45, 7) is 2.04. The van der Waals surface area contributed by atoms with Gasteiger partial charge in [0.2, 0.25) is 0 Å². The Balaban J connectivity index is 2.77. The number of hydrogen-bond acceptors (Lipinski definition) is 3. The molecule has 0 fully saturated rings. The topological polar surface area (TPSA) is 36.4 Å². The van der Waals surface area contributed by atoms with Gasteiger partial charge in [-0.15, -0.1) is 0 Å². The number of halogens is 1. The summed E-state index contributed by atoms with van der Waals surface area (Å²) in [6, 6.07) is 3.67. The molecular formula is C9H13ClN2O. The number of aliphatic hydroxyl groups is 1. The Bertz CT molecular complexity index is 263. The van der Waals surface area contributed by atoms with E-state index in [2.05, 4.69) is 4.98 Å². The Kier molecular flexibility index (Phi) is 3.51. The average Bonchev–Trinajstić information content (AvgIpc) is 2.17. The summed E-state index contributed by atoms with van der Waals surface area (Å²) in [5.41, 5.74) is 0. The van der Waals surface area contributed by atoms with Crippen LogP contribution in [0.5, 0.6) is 0 Å².